The Morgan fingerprint density at radius 3 is 2.52 bits per heavy atom. The molecule has 0 bridgehead atoms. The van der Waals surface area contributed by atoms with Gasteiger partial charge in [0, 0.05) is 24.3 Å². The standard InChI is InChI=1S/C22H25FN2O2/c1-13(2)19-7-6-18(10-14(19)3)25-12-16(11-21(25)26)22(27)24-17-5-8-20(23)15(4)9-17/h5-10,13,16H,11-12H2,1-4H3,(H,24,27). The van der Waals surface area contributed by atoms with Gasteiger partial charge in [0.15, 0.2) is 0 Å². The van der Waals surface area contributed by atoms with Crippen LogP contribution in [0.4, 0.5) is 15.8 Å². The molecule has 5 heteroatoms. The van der Waals surface area contributed by atoms with E-state index in [4.69, 9.17) is 0 Å². The molecule has 4 nitrogen and oxygen atoms in total. The van der Waals surface area contributed by atoms with Crippen molar-refractivity contribution in [1.82, 2.24) is 0 Å². The van der Waals surface area contributed by atoms with Crippen molar-refractivity contribution in [2.75, 3.05) is 16.8 Å². The predicted octanol–water partition coefficient (Wildman–Crippen LogP) is 4.56. The molecule has 1 N–H and O–H groups in total. The summed E-state index contributed by atoms with van der Waals surface area (Å²) in [5, 5.41) is 2.80. The van der Waals surface area contributed by atoms with Gasteiger partial charge in [-0.1, -0.05) is 19.9 Å². The second-order valence-electron chi connectivity index (χ2n) is 7.55. The lowest BCUT2D eigenvalue weighted by Crippen LogP contribution is -2.28. The van der Waals surface area contributed by atoms with Crippen LogP contribution in [0.15, 0.2) is 36.4 Å². The molecule has 2 amide bonds. The monoisotopic (exact) mass is 368 g/mol. The van der Waals surface area contributed by atoms with E-state index in [9.17, 15) is 14.0 Å². The molecule has 0 radical (unpaired) electrons. The summed E-state index contributed by atoms with van der Waals surface area (Å²) in [4.78, 5) is 26.7. The number of nitrogens with zero attached hydrogens (tertiary/aromatic N) is 1. The van der Waals surface area contributed by atoms with E-state index in [1.165, 1.54) is 17.7 Å². The van der Waals surface area contributed by atoms with Crippen LogP contribution in [0.25, 0.3) is 0 Å². The van der Waals surface area contributed by atoms with Crippen molar-refractivity contribution in [3.05, 3.63) is 58.9 Å². The lowest BCUT2D eigenvalue weighted by molar-refractivity contribution is -0.122. The maximum atomic E-state index is 13.4. The summed E-state index contributed by atoms with van der Waals surface area (Å²) in [5.74, 6) is -0.580. The fourth-order valence-electron chi connectivity index (χ4n) is 3.58. The van der Waals surface area contributed by atoms with E-state index in [1.54, 1.807) is 17.9 Å². The van der Waals surface area contributed by atoms with E-state index < -0.39 is 5.92 Å². The second-order valence-corrected chi connectivity index (χ2v) is 7.55. The third-order valence-electron chi connectivity index (χ3n) is 5.11. The van der Waals surface area contributed by atoms with Gasteiger partial charge in [-0.3, -0.25) is 9.59 Å². The van der Waals surface area contributed by atoms with Crippen LogP contribution in [0, 0.1) is 25.6 Å². The van der Waals surface area contributed by atoms with Crippen molar-refractivity contribution in [3.63, 3.8) is 0 Å². The SMILES string of the molecule is Cc1cc(NC(=O)C2CC(=O)N(c3ccc(C(C)C)c(C)c3)C2)ccc1F. The molecule has 1 atom stereocenters. The maximum Gasteiger partial charge on any atom is 0.229 e. The Hall–Kier alpha value is -2.69. The normalized spacial score (nSPS) is 16.9. The molecule has 1 saturated heterocycles. The van der Waals surface area contributed by atoms with Gasteiger partial charge in [0.25, 0.3) is 0 Å². The molecule has 27 heavy (non-hydrogen) atoms. The largest absolute Gasteiger partial charge is 0.326 e. The lowest BCUT2D eigenvalue weighted by atomic mass is 9.97. The van der Waals surface area contributed by atoms with Gasteiger partial charge in [-0.2, -0.15) is 0 Å². The Labute approximate surface area is 159 Å². The number of aryl methyl sites for hydroxylation is 2. The molecule has 1 aliphatic heterocycles. The van der Waals surface area contributed by atoms with Gasteiger partial charge in [0.2, 0.25) is 11.8 Å². The number of benzene rings is 2. The fourth-order valence-corrected chi connectivity index (χ4v) is 3.58. The number of rotatable bonds is 4. The molecule has 2 aromatic carbocycles. The third-order valence-corrected chi connectivity index (χ3v) is 5.11. The first-order valence-corrected chi connectivity index (χ1v) is 9.24. The molecule has 3 rings (SSSR count). The molecule has 0 aliphatic carbocycles. The number of carbonyl (C=O) groups excluding carboxylic acids is 2. The molecule has 0 aromatic heterocycles. The van der Waals surface area contributed by atoms with Crippen LogP contribution in [0.5, 0.6) is 0 Å². The summed E-state index contributed by atoms with van der Waals surface area (Å²) >= 11 is 0. The van der Waals surface area contributed by atoms with Crippen molar-refractivity contribution in [1.29, 1.82) is 0 Å². The molecule has 1 heterocycles. The smallest absolute Gasteiger partial charge is 0.229 e. The third kappa shape index (κ3) is 4.02. The Kier molecular flexibility index (Phi) is 5.31. The number of halogens is 1. The Morgan fingerprint density at radius 1 is 1.15 bits per heavy atom. The van der Waals surface area contributed by atoms with Gasteiger partial charge in [-0.15, -0.1) is 0 Å². The minimum atomic E-state index is -0.423. The van der Waals surface area contributed by atoms with E-state index in [-0.39, 0.29) is 24.1 Å². The zero-order valence-electron chi connectivity index (χ0n) is 16.2. The van der Waals surface area contributed by atoms with Crippen LogP contribution in [0.1, 0.15) is 42.9 Å². The molecular formula is C22H25FN2O2. The average Bonchev–Trinajstić information content (AvgIpc) is 2.99. The zero-order valence-corrected chi connectivity index (χ0v) is 16.2. The zero-order chi connectivity index (χ0) is 19.7. The molecule has 142 valence electrons. The average molecular weight is 368 g/mol. The number of anilines is 2. The lowest BCUT2D eigenvalue weighted by Gasteiger charge is -2.19. The number of carbonyl (C=O) groups is 2. The highest BCUT2D eigenvalue weighted by molar-refractivity contribution is 6.03. The van der Waals surface area contributed by atoms with Crippen molar-refractivity contribution in [2.45, 2.75) is 40.0 Å². The Balaban J connectivity index is 1.72. The van der Waals surface area contributed by atoms with E-state index in [0.717, 1.165) is 11.3 Å². The maximum absolute atomic E-state index is 13.4. The molecule has 0 spiro atoms. The number of hydrogen-bond donors (Lipinski definition) is 1. The van der Waals surface area contributed by atoms with Crippen LogP contribution in [0.3, 0.4) is 0 Å². The quantitative estimate of drug-likeness (QED) is 0.860. The first-order chi connectivity index (χ1) is 12.8. The number of hydrogen-bond acceptors (Lipinski definition) is 2. The van der Waals surface area contributed by atoms with E-state index >= 15 is 0 Å². The van der Waals surface area contributed by atoms with Gasteiger partial charge in [0.05, 0.1) is 5.92 Å². The van der Waals surface area contributed by atoms with Crippen molar-refractivity contribution in [3.8, 4) is 0 Å². The van der Waals surface area contributed by atoms with Crippen LogP contribution < -0.4 is 10.2 Å². The van der Waals surface area contributed by atoms with Crippen LogP contribution in [-0.4, -0.2) is 18.4 Å². The summed E-state index contributed by atoms with van der Waals surface area (Å²) in [5.41, 5.74) is 4.24. The molecule has 1 unspecified atom stereocenters. The molecular weight excluding hydrogens is 343 g/mol. The Bertz CT molecular complexity index is 892. The van der Waals surface area contributed by atoms with Gasteiger partial charge < -0.3 is 10.2 Å². The van der Waals surface area contributed by atoms with Crippen molar-refractivity contribution < 1.29 is 14.0 Å². The van der Waals surface area contributed by atoms with Gasteiger partial charge in [-0.25, -0.2) is 4.39 Å². The van der Waals surface area contributed by atoms with Crippen LogP contribution in [0.2, 0.25) is 0 Å². The van der Waals surface area contributed by atoms with E-state index in [1.807, 2.05) is 19.1 Å². The fraction of sp³-hybridized carbons (Fsp3) is 0.364. The van der Waals surface area contributed by atoms with Crippen molar-refractivity contribution >= 4 is 23.2 Å². The number of nitrogens with one attached hydrogen (secondary N) is 1. The molecule has 2 aromatic rings. The highest BCUT2D eigenvalue weighted by Gasteiger charge is 2.35. The first kappa shape index (κ1) is 19.1. The van der Waals surface area contributed by atoms with Gasteiger partial charge in [0.1, 0.15) is 5.82 Å². The van der Waals surface area contributed by atoms with Gasteiger partial charge >= 0.3 is 0 Å². The highest BCUT2D eigenvalue weighted by Crippen LogP contribution is 2.29. The van der Waals surface area contributed by atoms with Crippen molar-refractivity contribution in [2.24, 2.45) is 5.92 Å². The topological polar surface area (TPSA) is 49.4 Å². The predicted molar refractivity (Wildman–Crippen MR) is 105 cm³/mol. The summed E-state index contributed by atoms with van der Waals surface area (Å²) in [6, 6.07) is 10.5. The van der Waals surface area contributed by atoms with Crippen LogP contribution >= 0.6 is 0 Å². The van der Waals surface area contributed by atoms with E-state index in [2.05, 4.69) is 25.2 Å². The molecule has 1 fully saturated rings. The van der Waals surface area contributed by atoms with E-state index in [0.29, 0.717) is 23.7 Å². The van der Waals surface area contributed by atoms with Crippen LogP contribution in [-0.2, 0) is 9.59 Å². The summed E-state index contributed by atoms with van der Waals surface area (Å²) in [6.45, 7) is 8.32. The second kappa shape index (κ2) is 7.51. The molecule has 1 aliphatic rings. The number of amides is 2. The summed E-state index contributed by atoms with van der Waals surface area (Å²) in [7, 11) is 0. The summed E-state index contributed by atoms with van der Waals surface area (Å²) < 4.78 is 13.4. The first-order valence-electron chi connectivity index (χ1n) is 9.24. The van der Waals surface area contributed by atoms with Gasteiger partial charge in [-0.05, 0) is 66.8 Å². The minimum Gasteiger partial charge on any atom is -0.326 e. The minimum absolute atomic E-state index is 0.0536. The Morgan fingerprint density at radius 2 is 1.89 bits per heavy atom. The summed E-state index contributed by atoms with van der Waals surface area (Å²) in [6.07, 6.45) is 0.178. The molecule has 0 saturated carbocycles. The highest BCUT2D eigenvalue weighted by atomic mass is 19.1.